The number of hydrogen-bond acceptors (Lipinski definition) is 5. The third-order valence-electron chi connectivity index (χ3n) is 2.63. The minimum absolute atomic E-state index is 0.00583. The van der Waals surface area contributed by atoms with Crippen molar-refractivity contribution in [3.05, 3.63) is 28.1 Å². The van der Waals surface area contributed by atoms with Gasteiger partial charge in [-0.3, -0.25) is 0 Å². The number of methoxy groups -OCH3 is 2. The van der Waals surface area contributed by atoms with E-state index in [-0.39, 0.29) is 17.2 Å². The van der Waals surface area contributed by atoms with Crippen molar-refractivity contribution in [1.29, 1.82) is 0 Å². The zero-order valence-corrected chi connectivity index (χ0v) is 9.73. The number of fused-ring (bicyclic) bond motifs is 1. The number of hydrogen-bond donors (Lipinski definition) is 1. The fourth-order valence-electron chi connectivity index (χ4n) is 1.77. The van der Waals surface area contributed by atoms with Crippen LogP contribution in [-0.2, 0) is 0 Å². The maximum atomic E-state index is 11.6. The Morgan fingerprint density at radius 2 is 1.82 bits per heavy atom. The van der Waals surface area contributed by atoms with Gasteiger partial charge in [0.2, 0.25) is 5.75 Å². The molecule has 0 unspecified atom stereocenters. The predicted octanol–water partition coefficient (Wildman–Crippen LogP) is 1.82. The Balaban J connectivity index is 3.01. The summed E-state index contributed by atoms with van der Waals surface area (Å²) >= 11 is 0. The molecule has 1 aromatic carbocycles. The van der Waals surface area contributed by atoms with E-state index >= 15 is 0 Å². The highest BCUT2D eigenvalue weighted by atomic mass is 16.5. The van der Waals surface area contributed by atoms with E-state index < -0.39 is 5.63 Å². The molecule has 0 fully saturated rings. The lowest BCUT2D eigenvalue weighted by Gasteiger charge is -2.11. The second kappa shape index (κ2) is 4.01. The number of ether oxygens (including phenoxy) is 2. The fraction of sp³-hybridized carbons (Fsp3) is 0.250. The smallest absolute Gasteiger partial charge is 0.383 e. The van der Waals surface area contributed by atoms with Crippen LogP contribution < -0.4 is 15.1 Å². The van der Waals surface area contributed by atoms with Gasteiger partial charge in [-0.25, -0.2) is 4.79 Å². The van der Waals surface area contributed by atoms with Crippen LogP contribution in [0.1, 0.15) is 5.56 Å². The second-order valence-corrected chi connectivity index (χ2v) is 3.54. The van der Waals surface area contributed by atoms with Crippen molar-refractivity contribution in [1.82, 2.24) is 0 Å². The van der Waals surface area contributed by atoms with E-state index in [0.29, 0.717) is 16.5 Å². The second-order valence-electron chi connectivity index (χ2n) is 3.54. The van der Waals surface area contributed by atoms with Crippen molar-refractivity contribution < 1.29 is 19.0 Å². The maximum Gasteiger partial charge on any atom is 0.383 e. The van der Waals surface area contributed by atoms with E-state index in [9.17, 15) is 9.90 Å². The third kappa shape index (κ3) is 1.60. The van der Waals surface area contributed by atoms with E-state index in [1.54, 1.807) is 6.92 Å². The molecule has 1 aromatic heterocycles. The molecule has 1 N–H and O–H groups in total. The molecule has 90 valence electrons. The Hall–Kier alpha value is -2.17. The molecule has 0 amide bonds. The van der Waals surface area contributed by atoms with Crippen LogP contribution in [0.4, 0.5) is 0 Å². The summed E-state index contributed by atoms with van der Waals surface area (Å²) in [4.78, 5) is 11.6. The Morgan fingerprint density at radius 1 is 1.18 bits per heavy atom. The molecule has 0 bridgehead atoms. The topological polar surface area (TPSA) is 68.9 Å². The lowest BCUT2D eigenvalue weighted by Crippen LogP contribution is -2.06. The van der Waals surface area contributed by atoms with Crippen molar-refractivity contribution in [2.45, 2.75) is 6.92 Å². The van der Waals surface area contributed by atoms with Crippen LogP contribution >= 0.6 is 0 Å². The molecular formula is C12H12O5. The molecule has 17 heavy (non-hydrogen) atoms. The summed E-state index contributed by atoms with van der Waals surface area (Å²) in [5.74, 6) is 0.368. The molecule has 0 atom stereocenters. The monoisotopic (exact) mass is 236 g/mol. The van der Waals surface area contributed by atoms with Crippen molar-refractivity contribution >= 4 is 11.0 Å². The predicted molar refractivity (Wildman–Crippen MR) is 62.0 cm³/mol. The number of benzene rings is 1. The Bertz CT molecular complexity index is 627. The van der Waals surface area contributed by atoms with E-state index in [4.69, 9.17) is 13.9 Å². The Labute approximate surface area is 97.2 Å². The SMILES string of the molecule is COc1c(OC)c2c(C)c(O)ccc2oc1=O. The van der Waals surface area contributed by atoms with Gasteiger partial charge in [0, 0.05) is 5.56 Å². The van der Waals surface area contributed by atoms with Gasteiger partial charge in [0.15, 0.2) is 5.75 Å². The molecule has 5 nitrogen and oxygen atoms in total. The number of phenolic OH excluding ortho intramolecular Hbond substituents is 1. The standard InChI is InChI=1S/C12H12O5/c1-6-7(13)4-5-8-9(6)10(15-2)11(16-3)12(14)17-8/h4-5,13H,1-3H3. The van der Waals surface area contributed by atoms with Gasteiger partial charge in [-0.05, 0) is 19.1 Å². The largest absolute Gasteiger partial charge is 0.508 e. The lowest BCUT2D eigenvalue weighted by molar-refractivity contribution is 0.338. The average molecular weight is 236 g/mol. The van der Waals surface area contributed by atoms with Crippen LogP contribution in [0.15, 0.2) is 21.3 Å². The van der Waals surface area contributed by atoms with Crippen molar-refractivity contribution in [3.8, 4) is 17.2 Å². The minimum Gasteiger partial charge on any atom is -0.508 e. The molecule has 0 aliphatic rings. The zero-order valence-electron chi connectivity index (χ0n) is 9.73. The quantitative estimate of drug-likeness (QED) is 0.805. The molecule has 0 aliphatic heterocycles. The van der Waals surface area contributed by atoms with Crippen molar-refractivity contribution in [2.24, 2.45) is 0 Å². The highest BCUT2D eigenvalue weighted by molar-refractivity contribution is 5.90. The van der Waals surface area contributed by atoms with Gasteiger partial charge in [-0.1, -0.05) is 0 Å². The molecule has 5 heteroatoms. The summed E-state index contributed by atoms with van der Waals surface area (Å²) in [5, 5.41) is 10.2. The maximum absolute atomic E-state index is 11.6. The molecule has 0 radical (unpaired) electrons. The summed E-state index contributed by atoms with van der Waals surface area (Å²) in [7, 11) is 2.79. The van der Waals surface area contributed by atoms with Crippen LogP contribution in [0.3, 0.4) is 0 Å². The summed E-state index contributed by atoms with van der Waals surface area (Å²) in [6.45, 7) is 1.71. The summed E-state index contributed by atoms with van der Waals surface area (Å²) in [6.07, 6.45) is 0. The molecule has 0 spiro atoms. The van der Waals surface area contributed by atoms with Gasteiger partial charge in [0.05, 0.1) is 19.6 Å². The lowest BCUT2D eigenvalue weighted by atomic mass is 10.1. The van der Waals surface area contributed by atoms with Gasteiger partial charge >= 0.3 is 5.63 Å². The Kier molecular flexibility index (Phi) is 2.67. The number of phenols is 1. The van der Waals surface area contributed by atoms with Crippen molar-refractivity contribution in [3.63, 3.8) is 0 Å². The normalized spacial score (nSPS) is 10.5. The Morgan fingerprint density at radius 3 is 2.41 bits per heavy atom. The first-order valence-electron chi connectivity index (χ1n) is 4.97. The van der Waals surface area contributed by atoms with Crippen LogP contribution in [0.5, 0.6) is 17.2 Å². The van der Waals surface area contributed by atoms with Gasteiger partial charge in [-0.2, -0.15) is 0 Å². The molecule has 0 saturated heterocycles. The highest BCUT2D eigenvalue weighted by Crippen LogP contribution is 2.37. The molecule has 2 aromatic rings. The third-order valence-corrected chi connectivity index (χ3v) is 2.63. The molecular weight excluding hydrogens is 224 g/mol. The molecule has 2 rings (SSSR count). The summed E-state index contributed by atoms with van der Waals surface area (Å²) in [6, 6.07) is 2.98. The molecule has 0 saturated carbocycles. The van der Waals surface area contributed by atoms with Crippen LogP contribution in [-0.4, -0.2) is 19.3 Å². The minimum atomic E-state index is -0.609. The van der Waals surface area contributed by atoms with Crippen LogP contribution in [0.2, 0.25) is 0 Å². The van der Waals surface area contributed by atoms with Gasteiger partial charge < -0.3 is 19.0 Å². The number of aromatic hydroxyl groups is 1. The highest BCUT2D eigenvalue weighted by Gasteiger charge is 2.18. The first-order chi connectivity index (χ1) is 8.10. The van der Waals surface area contributed by atoms with Gasteiger partial charge in [0.1, 0.15) is 11.3 Å². The average Bonchev–Trinajstić information content (AvgIpc) is 2.32. The summed E-state index contributed by atoms with van der Waals surface area (Å²) in [5.41, 5.74) is 0.311. The van der Waals surface area contributed by atoms with Crippen molar-refractivity contribution in [2.75, 3.05) is 14.2 Å². The van der Waals surface area contributed by atoms with Crippen LogP contribution in [0.25, 0.3) is 11.0 Å². The zero-order chi connectivity index (χ0) is 12.6. The van der Waals surface area contributed by atoms with E-state index in [1.165, 1.54) is 26.4 Å². The van der Waals surface area contributed by atoms with Gasteiger partial charge in [0.25, 0.3) is 0 Å². The van der Waals surface area contributed by atoms with E-state index in [1.807, 2.05) is 0 Å². The first-order valence-corrected chi connectivity index (χ1v) is 4.97. The van der Waals surface area contributed by atoms with Gasteiger partial charge in [-0.15, -0.1) is 0 Å². The van der Waals surface area contributed by atoms with E-state index in [2.05, 4.69) is 0 Å². The summed E-state index contributed by atoms with van der Waals surface area (Å²) < 4.78 is 15.2. The van der Waals surface area contributed by atoms with Crippen LogP contribution in [0, 0.1) is 6.92 Å². The number of rotatable bonds is 2. The fourth-order valence-corrected chi connectivity index (χ4v) is 1.77. The van der Waals surface area contributed by atoms with E-state index in [0.717, 1.165) is 0 Å². The first kappa shape index (κ1) is 11.3. The molecule has 0 aliphatic carbocycles. The molecule has 1 heterocycles. The number of aryl methyl sites for hydroxylation is 1.